The summed E-state index contributed by atoms with van der Waals surface area (Å²) in [6.45, 7) is 7.22. The molecule has 1 aliphatic heterocycles. The molecule has 1 aromatic carbocycles. The Kier molecular flexibility index (Phi) is 4.19. The van der Waals surface area contributed by atoms with Gasteiger partial charge in [-0.15, -0.1) is 0 Å². The third kappa shape index (κ3) is 2.94. The molecule has 2 rings (SSSR count). The molecule has 0 fully saturated rings. The first kappa shape index (κ1) is 14.4. The Balaban J connectivity index is 2.42. The normalized spacial score (nSPS) is 14.9. The summed E-state index contributed by atoms with van der Waals surface area (Å²) in [4.78, 5) is 12.6. The zero-order valence-electron chi connectivity index (χ0n) is 11.6. The van der Waals surface area contributed by atoms with Crippen LogP contribution in [0.5, 0.6) is 11.5 Å². The van der Waals surface area contributed by atoms with E-state index in [0.29, 0.717) is 30.3 Å². The van der Waals surface area contributed by atoms with E-state index in [4.69, 9.17) is 9.47 Å². The number of benzene rings is 1. The van der Waals surface area contributed by atoms with Gasteiger partial charge >= 0.3 is 0 Å². The fourth-order valence-corrected chi connectivity index (χ4v) is 2.39. The average molecular weight is 327 g/mol. The molecular weight excluding hydrogens is 308 g/mol. The molecule has 1 heterocycles. The second-order valence-corrected chi connectivity index (χ2v) is 6.25. The minimum Gasteiger partial charge on any atom is -0.490 e. The number of ether oxygens (including phenoxy) is 2. The minimum absolute atomic E-state index is 0.123. The van der Waals surface area contributed by atoms with Crippen LogP contribution in [-0.2, 0) is 0 Å². The lowest BCUT2D eigenvalue weighted by molar-refractivity contribution is 0.0831. The highest BCUT2D eigenvalue weighted by molar-refractivity contribution is 9.10. The first-order chi connectivity index (χ1) is 8.95. The van der Waals surface area contributed by atoms with Crippen LogP contribution >= 0.6 is 15.9 Å². The summed E-state index contributed by atoms with van der Waals surface area (Å²) in [5.41, 5.74) is 0.290. The quantitative estimate of drug-likeness (QED) is 0.780. The predicted molar refractivity (Wildman–Crippen MR) is 78.2 cm³/mol. The van der Waals surface area contributed by atoms with E-state index in [1.54, 1.807) is 6.07 Å². The smallest absolute Gasteiger partial charge is 0.169 e. The maximum atomic E-state index is 12.6. The molecule has 4 heteroatoms. The van der Waals surface area contributed by atoms with Crippen LogP contribution in [0.4, 0.5) is 0 Å². The molecule has 0 N–H and O–H groups in total. The van der Waals surface area contributed by atoms with E-state index in [-0.39, 0.29) is 11.2 Å². The summed E-state index contributed by atoms with van der Waals surface area (Å²) in [5, 5.41) is 0. The van der Waals surface area contributed by atoms with Crippen LogP contribution in [0.3, 0.4) is 0 Å². The summed E-state index contributed by atoms with van der Waals surface area (Å²) in [6, 6.07) is 3.63. The fraction of sp³-hybridized carbons (Fsp3) is 0.533. The van der Waals surface area contributed by atoms with Crippen LogP contribution < -0.4 is 9.47 Å². The maximum Gasteiger partial charge on any atom is 0.169 e. The number of carbonyl (C=O) groups is 1. The third-order valence-corrected chi connectivity index (χ3v) is 4.24. The van der Waals surface area contributed by atoms with Gasteiger partial charge in [0, 0.05) is 21.9 Å². The van der Waals surface area contributed by atoms with Crippen molar-refractivity contribution in [2.75, 3.05) is 13.2 Å². The van der Waals surface area contributed by atoms with Gasteiger partial charge < -0.3 is 9.47 Å². The van der Waals surface area contributed by atoms with Crippen molar-refractivity contribution in [3.63, 3.8) is 0 Å². The molecule has 0 saturated heterocycles. The second kappa shape index (κ2) is 5.53. The van der Waals surface area contributed by atoms with Gasteiger partial charge in [-0.25, -0.2) is 0 Å². The zero-order valence-corrected chi connectivity index (χ0v) is 13.2. The highest BCUT2D eigenvalue weighted by Gasteiger charge is 2.29. The van der Waals surface area contributed by atoms with Gasteiger partial charge in [0.1, 0.15) is 0 Å². The van der Waals surface area contributed by atoms with E-state index in [0.717, 1.165) is 17.3 Å². The van der Waals surface area contributed by atoms with Crippen molar-refractivity contribution in [1.29, 1.82) is 0 Å². The lowest BCUT2D eigenvalue weighted by Crippen LogP contribution is -2.23. The highest BCUT2D eigenvalue weighted by Crippen LogP contribution is 2.38. The second-order valence-electron chi connectivity index (χ2n) is 5.40. The van der Waals surface area contributed by atoms with Crippen LogP contribution in [0, 0.1) is 5.41 Å². The van der Waals surface area contributed by atoms with E-state index in [1.807, 2.05) is 26.8 Å². The SMILES string of the molecule is CCC(C)(C)C(=O)c1cc2c(cc1Br)OCCCO2. The topological polar surface area (TPSA) is 35.5 Å². The highest BCUT2D eigenvalue weighted by atomic mass is 79.9. The minimum atomic E-state index is -0.373. The lowest BCUT2D eigenvalue weighted by atomic mass is 9.82. The summed E-state index contributed by atoms with van der Waals surface area (Å²) in [5.74, 6) is 1.49. The summed E-state index contributed by atoms with van der Waals surface area (Å²) in [7, 11) is 0. The monoisotopic (exact) mass is 326 g/mol. The number of hydrogen-bond acceptors (Lipinski definition) is 3. The van der Waals surface area contributed by atoms with E-state index < -0.39 is 0 Å². The molecular formula is C15H19BrO3. The molecule has 0 saturated carbocycles. The van der Waals surface area contributed by atoms with Gasteiger partial charge in [-0.3, -0.25) is 4.79 Å². The number of hydrogen-bond donors (Lipinski definition) is 0. The molecule has 3 nitrogen and oxygen atoms in total. The Hall–Kier alpha value is -1.03. The van der Waals surface area contributed by atoms with E-state index >= 15 is 0 Å². The largest absolute Gasteiger partial charge is 0.490 e. The Morgan fingerprint density at radius 3 is 2.42 bits per heavy atom. The fourth-order valence-electron chi connectivity index (χ4n) is 1.88. The van der Waals surface area contributed by atoms with Gasteiger partial charge in [0.05, 0.1) is 13.2 Å². The van der Waals surface area contributed by atoms with Crippen LogP contribution in [0.2, 0.25) is 0 Å². The molecule has 1 aliphatic rings. The van der Waals surface area contributed by atoms with Crippen LogP contribution in [0.25, 0.3) is 0 Å². The molecule has 0 atom stereocenters. The van der Waals surface area contributed by atoms with Crippen molar-refractivity contribution < 1.29 is 14.3 Å². The number of fused-ring (bicyclic) bond motifs is 1. The first-order valence-electron chi connectivity index (χ1n) is 6.59. The third-order valence-electron chi connectivity index (χ3n) is 3.58. The maximum absolute atomic E-state index is 12.6. The van der Waals surface area contributed by atoms with E-state index in [2.05, 4.69) is 15.9 Å². The van der Waals surface area contributed by atoms with Gasteiger partial charge in [0.15, 0.2) is 17.3 Å². The molecule has 0 unspecified atom stereocenters. The lowest BCUT2D eigenvalue weighted by Gasteiger charge is -2.22. The molecule has 0 radical (unpaired) electrons. The standard InChI is InChI=1S/C15H19BrO3/c1-4-15(2,3)14(17)10-8-12-13(9-11(10)16)19-7-5-6-18-12/h8-9H,4-7H2,1-3H3. The molecule has 0 spiro atoms. The Labute approximate surface area is 122 Å². The van der Waals surface area contributed by atoms with Gasteiger partial charge in [0.25, 0.3) is 0 Å². The molecule has 0 aromatic heterocycles. The number of rotatable bonds is 3. The van der Waals surface area contributed by atoms with Crippen molar-refractivity contribution in [3.8, 4) is 11.5 Å². The number of halogens is 1. The van der Waals surface area contributed by atoms with Crippen molar-refractivity contribution in [2.45, 2.75) is 33.6 Å². The summed E-state index contributed by atoms with van der Waals surface area (Å²) in [6.07, 6.45) is 1.66. The van der Waals surface area contributed by atoms with Crippen molar-refractivity contribution in [1.82, 2.24) is 0 Å². The summed E-state index contributed by atoms with van der Waals surface area (Å²) >= 11 is 3.47. The van der Waals surface area contributed by atoms with Gasteiger partial charge in [0.2, 0.25) is 0 Å². The van der Waals surface area contributed by atoms with Gasteiger partial charge in [-0.05, 0) is 34.5 Å². The van der Waals surface area contributed by atoms with Crippen molar-refractivity contribution >= 4 is 21.7 Å². The van der Waals surface area contributed by atoms with Gasteiger partial charge in [-0.1, -0.05) is 20.8 Å². The van der Waals surface area contributed by atoms with E-state index in [1.165, 1.54) is 0 Å². The van der Waals surface area contributed by atoms with Crippen LogP contribution in [0.1, 0.15) is 44.0 Å². The van der Waals surface area contributed by atoms with Crippen molar-refractivity contribution in [2.24, 2.45) is 5.41 Å². The summed E-state index contributed by atoms with van der Waals surface area (Å²) < 4.78 is 12.0. The Bertz CT molecular complexity index is 494. The number of carbonyl (C=O) groups excluding carboxylic acids is 1. The zero-order chi connectivity index (χ0) is 14.0. The predicted octanol–water partition coefficient (Wildman–Crippen LogP) is 4.23. The van der Waals surface area contributed by atoms with Gasteiger partial charge in [-0.2, -0.15) is 0 Å². The number of Topliss-reactive ketones (excluding diaryl/α,β-unsaturated/α-hetero) is 1. The average Bonchev–Trinajstić information content (AvgIpc) is 2.61. The molecule has 0 aliphatic carbocycles. The molecule has 0 bridgehead atoms. The molecule has 104 valence electrons. The first-order valence-corrected chi connectivity index (χ1v) is 7.39. The molecule has 19 heavy (non-hydrogen) atoms. The van der Waals surface area contributed by atoms with E-state index in [9.17, 15) is 4.79 Å². The Morgan fingerprint density at radius 1 is 1.26 bits per heavy atom. The molecule has 0 amide bonds. The van der Waals surface area contributed by atoms with Crippen molar-refractivity contribution in [3.05, 3.63) is 22.2 Å². The van der Waals surface area contributed by atoms with Crippen LogP contribution in [0.15, 0.2) is 16.6 Å². The molecule has 1 aromatic rings. The van der Waals surface area contributed by atoms with Crippen LogP contribution in [-0.4, -0.2) is 19.0 Å². The Morgan fingerprint density at radius 2 is 1.84 bits per heavy atom. The number of ketones is 1.